The lowest BCUT2D eigenvalue weighted by molar-refractivity contribution is 0.103. The van der Waals surface area contributed by atoms with Crippen LogP contribution in [0.25, 0.3) is 0 Å². The van der Waals surface area contributed by atoms with E-state index >= 15 is 0 Å². The number of hydrogen-bond acceptors (Lipinski definition) is 3. The third-order valence-corrected chi connectivity index (χ3v) is 3.40. The Hall–Kier alpha value is -1.23. The number of hydrogen-bond donors (Lipinski definition) is 2. The van der Waals surface area contributed by atoms with Gasteiger partial charge in [-0.1, -0.05) is 29.3 Å². The number of benzene rings is 1. The smallest absolute Gasteiger partial charge is 0.265 e. The highest BCUT2D eigenvalue weighted by atomic mass is 35.5. The molecule has 3 nitrogen and oxygen atoms in total. The van der Waals surface area contributed by atoms with Crippen molar-refractivity contribution in [2.24, 2.45) is 0 Å². The van der Waals surface area contributed by atoms with Crippen molar-refractivity contribution >= 4 is 46.1 Å². The van der Waals surface area contributed by atoms with Crippen LogP contribution in [-0.4, -0.2) is 11.0 Å². The van der Waals surface area contributed by atoms with Crippen LogP contribution in [0.3, 0.4) is 0 Å². The second-order valence-electron chi connectivity index (χ2n) is 3.22. The van der Waals surface area contributed by atoms with Crippen LogP contribution >= 0.6 is 34.5 Å². The Kier molecular flexibility index (Phi) is 3.57. The minimum Gasteiger partial charge on any atom is -0.504 e. The second-order valence-corrected chi connectivity index (χ2v) is 5.01. The highest BCUT2D eigenvalue weighted by molar-refractivity contribution is 7.12. The van der Waals surface area contributed by atoms with Crippen LogP contribution in [0.15, 0.2) is 29.6 Å². The molecular formula is C11H7Cl2NO2S. The number of aromatic hydroxyl groups is 1. The van der Waals surface area contributed by atoms with Crippen molar-refractivity contribution in [1.82, 2.24) is 0 Å². The van der Waals surface area contributed by atoms with Crippen LogP contribution in [0.2, 0.25) is 10.0 Å². The number of phenolic OH excluding ortho intramolecular Hbond substituents is 1. The number of nitrogens with one attached hydrogen (secondary N) is 1. The van der Waals surface area contributed by atoms with Crippen LogP contribution < -0.4 is 5.32 Å². The van der Waals surface area contributed by atoms with Crippen molar-refractivity contribution in [3.05, 3.63) is 44.6 Å². The third-order valence-electron chi connectivity index (χ3n) is 2.02. The molecule has 0 spiro atoms. The lowest BCUT2D eigenvalue weighted by Gasteiger charge is -2.08. The third kappa shape index (κ3) is 2.72. The fourth-order valence-corrected chi connectivity index (χ4v) is 2.37. The van der Waals surface area contributed by atoms with Crippen molar-refractivity contribution in [3.63, 3.8) is 0 Å². The summed E-state index contributed by atoms with van der Waals surface area (Å²) in [6.07, 6.45) is 0. The molecule has 0 aliphatic rings. The Bertz CT molecular complexity index is 555. The van der Waals surface area contributed by atoms with E-state index < -0.39 is 0 Å². The van der Waals surface area contributed by atoms with Gasteiger partial charge >= 0.3 is 0 Å². The van der Waals surface area contributed by atoms with Crippen LogP contribution in [0.4, 0.5) is 5.69 Å². The maximum Gasteiger partial charge on any atom is 0.265 e. The van der Waals surface area contributed by atoms with Gasteiger partial charge in [0.05, 0.1) is 15.6 Å². The minimum absolute atomic E-state index is 0.0963. The van der Waals surface area contributed by atoms with E-state index in [1.165, 1.54) is 23.5 Å². The molecule has 2 N–H and O–H groups in total. The van der Waals surface area contributed by atoms with Crippen molar-refractivity contribution in [1.29, 1.82) is 0 Å². The van der Waals surface area contributed by atoms with Gasteiger partial charge in [-0.25, -0.2) is 0 Å². The summed E-state index contributed by atoms with van der Waals surface area (Å²) in [6, 6.07) is 6.29. The fourth-order valence-electron chi connectivity index (χ4n) is 1.25. The molecule has 0 aliphatic carbocycles. The van der Waals surface area contributed by atoms with Gasteiger partial charge in [0.15, 0.2) is 5.75 Å². The largest absolute Gasteiger partial charge is 0.504 e. The van der Waals surface area contributed by atoms with E-state index in [1.54, 1.807) is 17.5 Å². The number of thiophene rings is 1. The molecule has 0 aliphatic heterocycles. The number of carbonyl (C=O) groups is 1. The predicted octanol–water partition coefficient (Wildman–Crippen LogP) is 4.01. The monoisotopic (exact) mass is 287 g/mol. The highest BCUT2D eigenvalue weighted by Crippen LogP contribution is 2.35. The zero-order valence-corrected chi connectivity index (χ0v) is 10.7. The molecular weight excluding hydrogens is 281 g/mol. The lowest BCUT2D eigenvalue weighted by Crippen LogP contribution is -2.10. The first-order valence-electron chi connectivity index (χ1n) is 4.61. The second kappa shape index (κ2) is 4.96. The number of phenols is 1. The van der Waals surface area contributed by atoms with Gasteiger partial charge in [-0.2, -0.15) is 0 Å². The van der Waals surface area contributed by atoms with Gasteiger partial charge in [-0.3, -0.25) is 4.79 Å². The molecule has 0 saturated carbocycles. The molecule has 0 atom stereocenters. The van der Waals surface area contributed by atoms with E-state index in [0.29, 0.717) is 9.90 Å². The molecule has 17 heavy (non-hydrogen) atoms. The Morgan fingerprint density at radius 1 is 1.35 bits per heavy atom. The van der Waals surface area contributed by atoms with Crippen molar-refractivity contribution in [2.45, 2.75) is 0 Å². The van der Waals surface area contributed by atoms with Gasteiger partial charge < -0.3 is 10.4 Å². The SMILES string of the molecule is O=C(Nc1cc(Cl)cc(Cl)c1O)c1cccs1. The summed E-state index contributed by atoms with van der Waals surface area (Å²) in [5, 5.41) is 14.4. The molecule has 0 radical (unpaired) electrons. The van der Waals surface area contributed by atoms with Gasteiger partial charge in [-0.05, 0) is 23.6 Å². The summed E-state index contributed by atoms with van der Waals surface area (Å²) in [4.78, 5) is 12.3. The summed E-state index contributed by atoms with van der Waals surface area (Å²) in [5.41, 5.74) is 0.195. The Morgan fingerprint density at radius 3 is 2.76 bits per heavy atom. The molecule has 1 aromatic heterocycles. The highest BCUT2D eigenvalue weighted by Gasteiger charge is 2.12. The lowest BCUT2D eigenvalue weighted by atomic mass is 10.3. The average Bonchev–Trinajstić information content (AvgIpc) is 2.78. The normalized spacial score (nSPS) is 10.2. The first-order chi connectivity index (χ1) is 8.08. The first-order valence-corrected chi connectivity index (χ1v) is 6.24. The zero-order valence-electron chi connectivity index (χ0n) is 8.41. The maximum absolute atomic E-state index is 11.8. The Morgan fingerprint density at radius 2 is 2.12 bits per heavy atom. The topological polar surface area (TPSA) is 49.3 Å². The first kappa shape index (κ1) is 12.2. The van der Waals surface area contributed by atoms with Crippen LogP contribution in [0, 0.1) is 0 Å². The molecule has 6 heteroatoms. The Labute approximate surface area is 112 Å². The van der Waals surface area contributed by atoms with Gasteiger partial charge in [-0.15, -0.1) is 11.3 Å². The van der Waals surface area contributed by atoms with E-state index in [4.69, 9.17) is 23.2 Å². The zero-order chi connectivity index (χ0) is 12.4. The molecule has 88 valence electrons. The summed E-state index contributed by atoms with van der Waals surface area (Å²) < 4.78 is 0. The van der Waals surface area contributed by atoms with Crippen molar-refractivity contribution in [3.8, 4) is 5.75 Å². The van der Waals surface area contributed by atoms with Crippen LogP contribution in [-0.2, 0) is 0 Å². The van der Waals surface area contributed by atoms with Gasteiger partial charge in [0.2, 0.25) is 0 Å². The summed E-state index contributed by atoms with van der Waals surface area (Å²) >= 11 is 12.8. The van der Waals surface area contributed by atoms with E-state index in [-0.39, 0.29) is 22.4 Å². The molecule has 1 amide bonds. The van der Waals surface area contributed by atoms with Crippen LogP contribution in [0.5, 0.6) is 5.75 Å². The molecule has 2 aromatic rings. The van der Waals surface area contributed by atoms with Gasteiger partial charge in [0, 0.05) is 5.02 Å². The number of carbonyl (C=O) groups excluding carboxylic acids is 1. The Balaban J connectivity index is 2.28. The molecule has 0 bridgehead atoms. The number of amides is 1. The predicted molar refractivity (Wildman–Crippen MR) is 70.4 cm³/mol. The van der Waals surface area contributed by atoms with E-state index in [9.17, 15) is 9.90 Å². The van der Waals surface area contributed by atoms with E-state index in [1.807, 2.05) is 0 Å². The molecule has 1 aromatic carbocycles. The molecule has 0 fully saturated rings. The fraction of sp³-hybridized carbons (Fsp3) is 0. The average molecular weight is 288 g/mol. The van der Waals surface area contributed by atoms with E-state index in [2.05, 4.69) is 5.32 Å². The van der Waals surface area contributed by atoms with Gasteiger partial charge in [0.1, 0.15) is 0 Å². The molecule has 0 saturated heterocycles. The number of halogens is 2. The summed E-state index contributed by atoms with van der Waals surface area (Å²) in [5.74, 6) is -0.505. The quantitative estimate of drug-likeness (QED) is 0.820. The van der Waals surface area contributed by atoms with Gasteiger partial charge in [0.25, 0.3) is 5.91 Å². The number of anilines is 1. The van der Waals surface area contributed by atoms with Crippen molar-refractivity contribution < 1.29 is 9.90 Å². The van der Waals surface area contributed by atoms with E-state index in [0.717, 1.165) is 0 Å². The standard InChI is InChI=1S/C11H7Cl2NO2S/c12-6-4-7(13)10(15)8(5-6)14-11(16)9-2-1-3-17-9/h1-5,15H,(H,14,16). The minimum atomic E-state index is -0.311. The van der Waals surface area contributed by atoms with Crippen molar-refractivity contribution in [2.75, 3.05) is 5.32 Å². The molecule has 1 heterocycles. The maximum atomic E-state index is 11.8. The summed E-state index contributed by atoms with van der Waals surface area (Å²) in [6.45, 7) is 0. The molecule has 2 rings (SSSR count). The summed E-state index contributed by atoms with van der Waals surface area (Å²) in [7, 11) is 0. The molecule has 0 unspecified atom stereocenters. The van der Waals surface area contributed by atoms with Crippen LogP contribution in [0.1, 0.15) is 9.67 Å². The number of rotatable bonds is 2.